The molecule has 3 aromatic heterocycles. The number of hydrogen-bond donors (Lipinski definition) is 1. The first-order valence-corrected chi connectivity index (χ1v) is 10.9. The topological polar surface area (TPSA) is 71.8 Å². The lowest BCUT2D eigenvalue weighted by molar-refractivity contribution is 0.102. The molecule has 5 aromatic rings. The first-order valence-electron chi connectivity index (χ1n) is 8.99. The monoisotopic (exact) mass is 417 g/mol. The number of nitrogens with zero attached hydrogens (tertiary/aromatic N) is 2. The Morgan fingerprint density at radius 3 is 2.66 bits per heavy atom. The summed E-state index contributed by atoms with van der Waals surface area (Å²) in [5.74, 6) is 0.711. The van der Waals surface area contributed by atoms with Gasteiger partial charge in [-0.3, -0.25) is 4.79 Å². The molecule has 0 unspecified atom stereocenters. The van der Waals surface area contributed by atoms with Gasteiger partial charge in [-0.25, -0.2) is 0 Å². The predicted molar refractivity (Wildman–Crippen MR) is 116 cm³/mol. The average molecular weight is 418 g/mol. The second-order valence-corrected chi connectivity index (χ2v) is 8.22. The summed E-state index contributed by atoms with van der Waals surface area (Å²) in [4.78, 5) is 17.5. The van der Waals surface area contributed by atoms with E-state index in [0.29, 0.717) is 16.7 Å². The minimum Gasteiger partial charge on any atom is -0.410 e. The summed E-state index contributed by atoms with van der Waals surface area (Å²) in [6, 6.07) is 21.6. The van der Waals surface area contributed by atoms with Crippen LogP contribution in [0.3, 0.4) is 0 Å². The highest BCUT2D eigenvalue weighted by Crippen LogP contribution is 2.32. The Morgan fingerprint density at radius 1 is 1.00 bits per heavy atom. The summed E-state index contributed by atoms with van der Waals surface area (Å²) in [5.41, 5.74) is 3.45. The largest absolute Gasteiger partial charge is 0.410 e. The van der Waals surface area contributed by atoms with Gasteiger partial charge in [0.1, 0.15) is 0 Å². The van der Waals surface area contributed by atoms with Gasteiger partial charge in [0.2, 0.25) is 0 Å². The summed E-state index contributed by atoms with van der Waals surface area (Å²) < 4.78 is 5.69. The van der Waals surface area contributed by atoms with Gasteiger partial charge < -0.3 is 9.40 Å². The van der Waals surface area contributed by atoms with Gasteiger partial charge >= 0.3 is 0 Å². The molecule has 29 heavy (non-hydrogen) atoms. The second-order valence-electron chi connectivity index (χ2n) is 6.35. The SMILES string of the molecule is O=C(CSc1nnc(-c2cccs2)o1)c1c(-c2ccccc2)[nH]c2ccccc12. The molecule has 7 heteroatoms. The molecule has 0 amide bonds. The number of thiophene rings is 1. The van der Waals surface area contributed by atoms with Crippen LogP contribution in [-0.4, -0.2) is 26.7 Å². The third-order valence-corrected chi connectivity index (χ3v) is 6.19. The maximum Gasteiger partial charge on any atom is 0.277 e. The van der Waals surface area contributed by atoms with E-state index in [-0.39, 0.29) is 11.5 Å². The van der Waals surface area contributed by atoms with E-state index < -0.39 is 0 Å². The summed E-state index contributed by atoms with van der Waals surface area (Å²) in [6.07, 6.45) is 0. The van der Waals surface area contributed by atoms with Gasteiger partial charge in [-0.15, -0.1) is 21.5 Å². The van der Waals surface area contributed by atoms with Crippen LogP contribution >= 0.6 is 23.1 Å². The van der Waals surface area contributed by atoms with Gasteiger partial charge in [-0.2, -0.15) is 0 Å². The number of Topliss-reactive ketones (excluding diaryl/α,β-unsaturated/α-hetero) is 1. The van der Waals surface area contributed by atoms with Crippen LogP contribution in [0.5, 0.6) is 0 Å². The molecule has 0 aliphatic carbocycles. The van der Waals surface area contributed by atoms with E-state index in [1.54, 1.807) is 0 Å². The number of thioether (sulfide) groups is 1. The molecule has 0 spiro atoms. The maximum absolute atomic E-state index is 13.2. The molecule has 0 radical (unpaired) electrons. The number of aromatic nitrogens is 3. The van der Waals surface area contributed by atoms with E-state index in [9.17, 15) is 4.79 Å². The van der Waals surface area contributed by atoms with Gasteiger partial charge in [-0.1, -0.05) is 66.4 Å². The Hall–Kier alpha value is -3.16. The number of H-pyrrole nitrogens is 1. The molecule has 2 aromatic carbocycles. The molecular formula is C22H15N3O2S2. The summed E-state index contributed by atoms with van der Waals surface area (Å²) in [7, 11) is 0. The predicted octanol–water partition coefficient (Wildman–Crippen LogP) is 5.92. The molecule has 142 valence electrons. The highest BCUT2D eigenvalue weighted by atomic mass is 32.2. The van der Waals surface area contributed by atoms with E-state index in [4.69, 9.17) is 4.42 Å². The minimum atomic E-state index is 0.0159. The number of fused-ring (bicyclic) bond motifs is 1. The number of para-hydroxylation sites is 1. The molecule has 5 rings (SSSR count). The molecule has 5 nitrogen and oxygen atoms in total. The molecule has 0 atom stereocenters. The Kier molecular flexibility index (Phi) is 4.75. The van der Waals surface area contributed by atoms with Crippen molar-refractivity contribution in [2.45, 2.75) is 5.22 Å². The van der Waals surface area contributed by atoms with Crippen LogP contribution in [0.2, 0.25) is 0 Å². The van der Waals surface area contributed by atoms with Crippen molar-refractivity contribution in [2.24, 2.45) is 0 Å². The van der Waals surface area contributed by atoms with Crippen LogP contribution < -0.4 is 0 Å². The number of carbonyl (C=O) groups excluding carboxylic acids is 1. The third kappa shape index (κ3) is 3.50. The van der Waals surface area contributed by atoms with E-state index in [0.717, 1.165) is 27.0 Å². The summed E-state index contributed by atoms with van der Waals surface area (Å²) >= 11 is 2.79. The zero-order chi connectivity index (χ0) is 19.6. The van der Waals surface area contributed by atoms with Crippen LogP contribution in [0.25, 0.3) is 32.9 Å². The van der Waals surface area contributed by atoms with Crippen molar-refractivity contribution >= 4 is 39.8 Å². The van der Waals surface area contributed by atoms with Crippen molar-refractivity contribution < 1.29 is 9.21 Å². The number of ketones is 1. The lowest BCUT2D eigenvalue weighted by Gasteiger charge is -2.04. The Morgan fingerprint density at radius 2 is 1.83 bits per heavy atom. The van der Waals surface area contributed by atoms with Crippen LogP contribution in [0, 0.1) is 0 Å². The molecule has 0 saturated heterocycles. The molecule has 0 aliphatic heterocycles. The standard InChI is InChI=1S/C22H15N3O2S2/c26-17(13-29-22-25-24-21(27-22)18-11-6-12-28-18)19-15-9-4-5-10-16(15)23-20(19)14-7-2-1-3-8-14/h1-12,23H,13H2. The first kappa shape index (κ1) is 17.9. The van der Waals surface area contributed by atoms with Gasteiger partial charge in [0.15, 0.2) is 5.78 Å². The van der Waals surface area contributed by atoms with Crippen LogP contribution in [0.4, 0.5) is 0 Å². The summed E-state index contributed by atoms with van der Waals surface area (Å²) in [6.45, 7) is 0. The highest BCUT2D eigenvalue weighted by Gasteiger charge is 2.20. The van der Waals surface area contributed by atoms with E-state index in [1.807, 2.05) is 72.1 Å². The molecule has 0 bridgehead atoms. The quantitative estimate of drug-likeness (QED) is 0.274. The van der Waals surface area contributed by atoms with Crippen LogP contribution in [-0.2, 0) is 0 Å². The Balaban J connectivity index is 1.44. The van der Waals surface area contributed by atoms with Crippen LogP contribution in [0.1, 0.15) is 10.4 Å². The first-order chi connectivity index (χ1) is 14.3. The molecular weight excluding hydrogens is 402 g/mol. The molecule has 3 heterocycles. The van der Waals surface area contributed by atoms with Crippen molar-refractivity contribution in [3.05, 3.63) is 77.7 Å². The minimum absolute atomic E-state index is 0.0159. The smallest absolute Gasteiger partial charge is 0.277 e. The van der Waals surface area contributed by atoms with Gasteiger partial charge in [0.05, 0.1) is 21.9 Å². The zero-order valence-corrected chi connectivity index (χ0v) is 16.8. The van der Waals surface area contributed by atoms with Gasteiger partial charge in [0.25, 0.3) is 11.1 Å². The fourth-order valence-electron chi connectivity index (χ4n) is 3.22. The van der Waals surface area contributed by atoms with Crippen molar-refractivity contribution in [1.82, 2.24) is 15.2 Å². The average Bonchev–Trinajstić information content (AvgIpc) is 3.51. The highest BCUT2D eigenvalue weighted by molar-refractivity contribution is 7.99. The maximum atomic E-state index is 13.2. The molecule has 0 fully saturated rings. The van der Waals surface area contributed by atoms with E-state index in [2.05, 4.69) is 15.2 Å². The Bertz CT molecular complexity index is 1270. The third-order valence-electron chi connectivity index (χ3n) is 4.51. The van der Waals surface area contributed by atoms with Crippen LogP contribution in [0.15, 0.2) is 81.8 Å². The van der Waals surface area contributed by atoms with Crippen molar-refractivity contribution in [3.63, 3.8) is 0 Å². The number of benzene rings is 2. The fourth-order valence-corrected chi connectivity index (χ4v) is 4.50. The second kappa shape index (κ2) is 7.69. The van der Waals surface area contributed by atoms with E-state index in [1.165, 1.54) is 23.1 Å². The number of rotatable bonds is 6. The lowest BCUT2D eigenvalue weighted by atomic mass is 10.0. The molecule has 1 N–H and O–H groups in total. The van der Waals surface area contributed by atoms with Gasteiger partial charge in [-0.05, 0) is 23.1 Å². The summed E-state index contributed by atoms with van der Waals surface area (Å²) in [5, 5.41) is 11.4. The number of nitrogens with one attached hydrogen (secondary N) is 1. The van der Waals surface area contributed by atoms with Crippen molar-refractivity contribution in [3.8, 4) is 22.0 Å². The van der Waals surface area contributed by atoms with Crippen molar-refractivity contribution in [2.75, 3.05) is 5.75 Å². The molecule has 0 saturated carbocycles. The van der Waals surface area contributed by atoms with E-state index >= 15 is 0 Å². The number of aromatic amines is 1. The Labute approximate surface area is 174 Å². The van der Waals surface area contributed by atoms with Crippen molar-refractivity contribution in [1.29, 1.82) is 0 Å². The zero-order valence-electron chi connectivity index (χ0n) is 15.2. The number of carbonyl (C=O) groups is 1. The number of hydrogen-bond acceptors (Lipinski definition) is 6. The molecule has 0 aliphatic rings. The normalized spacial score (nSPS) is 11.2. The lowest BCUT2D eigenvalue weighted by Crippen LogP contribution is -2.03. The fraction of sp³-hybridized carbons (Fsp3) is 0.0455. The van der Waals surface area contributed by atoms with Gasteiger partial charge in [0, 0.05) is 10.9 Å².